The first-order chi connectivity index (χ1) is 14.1. The molecule has 0 atom stereocenters. The summed E-state index contributed by atoms with van der Waals surface area (Å²) in [6, 6.07) is 7.41. The molecule has 168 valence electrons. The molecule has 0 radical (unpaired) electrons. The van der Waals surface area contributed by atoms with E-state index in [0.717, 1.165) is 38.0 Å². The summed E-state index contributed by atoms with van der Waals surface area (Å²) in [7, 11) is 1.61. The molecule has 5 heteroatoms. The summed E-state index contributed by atoms with van der Waals surface area (Å²) in [5.41, 5.74) is 0.677. The standard InChI is InChI=1S/C25H40N2O3/c1-7-8-16-27(20-17-24(2,3)26-25(4,5)18-20)23(29)11-9-10-22(28)19-12-14-21(30-6)15-13-19/h12-15,20,26H,7-11,16-18H2,1-6H3. The molecule has 1 saturated heterocycles. The van der Waals surface area contributed by atoms with Crippen LogP contribution in [0.4, 0.5) is 0 Å². The van der Waals surface area contributed by atoms with E-state index in [1.54, 1.807) is 31.4 Å². The van der Waals surface area contributed by atoms with Gasteiger partial charge in [-0.05, 0) is 77.6 Å². The van der Waals surface area contributed by atoms with Gasteiger partial charge in [0, 0.05) is 42.1 Å². The smallest absolute Gasteiger partial charge is 0.222 e. The fourth-order valence-corrected chi connectivity index (χ4v) is 4.79. The number of benzene rings is 1. The Hall–Kier alpha value is -1.88. The molecule has 0 saturated carbocycles. The summed E-state index contributed by atoms with van der Waals surface area (Å²) < 4.78 is 5.14. The fraction of sp³-hybridized carbons (Fsp3) is 0.680. The van der Waals surface area contributed by atoms with Crippen LogP contribution < -0.4 is 10.1 Å². The minimum atomic E-state index is 0.00148. The number of methoxy groups -OCH3 is 1. The number of amides is 1. The van der Waals surface area contributed by atoms with Crippen molar-refractivity contribution in [2.45, 2.75) is 96.7 Å². The third-order valence-corrected chi connectivity index (χ3v) is 5.89. The van der Waals surface area contributed by atoms with E-state index in [0.29, 0.717) is 24.8 Å². The summed E-state index contributed by atoms with van der Waals surface area (Å²) in [6.45, 7) is 11.8. The van der Waals surface area contributed by atoms with Gasteiger partial charge in [0.2, 0.25) is 5.91 Å². The zero-order valence-corrected chi connectivity index (χ0v) is 19.7. The molecule has 30 heavy (non-hydrogen) atoms. The van der Waals surface area contributed by atoms with E-state index in [4.69, 9.17) is 4.74 Å². The van der Waals surface area contributed by atoms with Crippen LogP contribution in [0.5, 0.6) is 5.75 Å². The number of piperidine rings is 1. The third-order valence-electron chi connectivity index (χ3n) is 5.89. The number of rotatable bonds is 10. The van der Waals surface area contributed by atoms with Crippen LogP contribution in [-0.4, -0.2) is 47.4 Å². The molecule has 0 bridgehead atoms. The SMILES string of the molecule is CCCCN(C(=O)CCCC(=O)c1ccc(OC)cc1)C1CC(C)(C)NC(C)(C)C1. The Balaban J connectivity index is 1.96. The molecule has 1 N–H and O–H groups in total. The number of ketones is 1. The van der Waals surface area contributed by atoms with E-state index in [-0.39, 0.29) is 28.8 Å². The number of unbranched alkanes of at least 4 members (excludes halogenated alkanes) is 1. The van der Waals surface area contributed by atoms with Crippen LogP contribution in [0.3, 0.4) is 0 Å². The molecule has 1 fully saturated rings. The van der Waals surface area contributed by atoms with Crippen LogP contribution in [0.25, 0.3) is 0 Å². The summed E-state index contributed by atoms with van der Waals surface area (Å²) in [5, 5.41) is 3.70. The Bertz CT molecular complexity index is 694. The summed E-state index contributed by atoms with van der Waals surface area (Å²) in [4.78, 5) is 27.7. The first-order valence-electron chi connectivity index (χ1n) is 11.3. The maximum absolute atomic E-state index is 13.1. The van der Waals surface area contributed by atoms with Gasteiger partial charge in [0.25, 0.3) is 0 Å². The lowest BCUT2D eigenvalue weighted by atomic mass is 9.79. The van der Waals surface area contributed by atoms with Gasteiger partial charge in [0.1, 0.15) is 5.75 Å². The Morgan fingerprint density at radius 1 is 1.03 bits per heavy atom. The first-order valence-corrected chi connectivity index (χ1v) is 11.3. The van der Waals surface area contributed by atoms with Gasteiger partial charge in [-0.25, -0.2) is 0 Å². The molecule has 0 aromatic heterocycles. The maximum atomic E-state index is 13.1. The van der Waals surface area contributed by atoms with Gasteiger partial charge in [-0.2, -0.15) is 0 Å². The zero-order valence-electron chi connectivity index (χ0n) is 19.7. The normalized spacial score (nSPS) is 18.1. The number of hydrogen-bond acceptors (Lipinski definition) is 4. The van der Waals surface area contributed by atoms with Crippen LogP contribution in [0, 0.1) is 0 Å². The highest BCUT2D eigenvalue weighted by molar-refractivity contribution is 5.96. The number of carbonyl (C=O) groups excluding carboxylic acids is 2. The highest BCUT2D eigenvalue weighted by atomic mass is 16.5. The average molecular weight is 417 g/mol. The second-order valence-electron chi connectivity index (χ2n) is 9.90. The van der Waals surface area contributed by atoms with Crippen LogP contribution >= 0.6 is 0 Å². The Kier molecular flexibility index (Phi) is 8.48. The van der Waals surface area contributed by atoms with Gasteiger partial charge in [-0.3, -0.25) is 9.59 Å². The molecule has 1 heterocycles. The molecule has 1 aliphatic heterocycles. The number of Topliss-reactive ketones (excluding diaryl/α,β-unsaturated/α-hetero) is 1. The number of carbonyl (C=O) groups is 2. The van der Waals surface area contributed by atoms with Crippen molar-refractivity contribution >= 4 is 11.7 Å². The van der Waals surface area contributed by atoms with Crippen LogP contribution in [-0.2, 0) is 4.79 Å². The average Bonchev–Trinajstić information content (AvgIpc) is 2.66. The molecular formula is C25H40N2O3. The zero-order chi connectivity index (χ0) is 22.4. The minimum Gasteiger partial charge on any atom is -0.497 e. The molecule has 0 unspecified atom stereocenters. The lowest BCUT2D eigenvalue weighted by Gasteiger charge is -2.49. The predicted octanol–water partition coefficient (Wildman–Crippen LogP) is 4.99. The third kappa shape index (κ3) is 7.12. The predicted molar refractivity (Wildman–Crippen MR) is 122 cm³/mol. The van der Waals surface area contributed by atoms with Crippen molar-refractivity contribution in [2.75, 3.05) is 13.7 Å². The number of nitrogens with one attached hydrogen (secondary N) is 1. The highest BCUT2D eigenvalue weighted by Crippen LogP contribution is 2.32. The lowest BCUT2D eigenvalue weighted by molar-refractivity contribution is -0.135. The number of hydrogen-bond donors (Lipinski definition) is 1. The first kappa shape index (κ1) is 24.4. The van der Waals surface area contributed by atoms with E-state index >= 15 is 0 Å². The summed E-state index contributed by atoms with van der Waals surface area (Å²) >= 11 is 0. The Morgan fingerprint density at radius 3 is 2.17 bits per heavy atom. The van der Waals surface area contributed by atoms with Crippen molar-refractivity contribution in [2.24, 2.45) is 0 Å². The number of nitrogens with zero attached hydrogens (tertiary/aromatic N) is 1. The second-order valence-corrected chi connectivity index (χ2v) is 9.90. The fourth-order valence-electron chi connectivity index (χ4n) is 4.79. The van der Waals surface area contributed by atoms with Crippen molar-refractivity contribution in [3.8, 4) is 5.75 Å². The van der Waals surface area contributed by atoms with Gasteiger partial charge in [0.15, 0.2) is 5.78 Å². The number of ether oxygens (including phenoxy) is 1. The molecule has 0 aliphatic carbocycles. The lowest BCUT2D eigenvalue weighted by Crippen LogP contribution is -2.62. The van der Waals surface area contributed by atoms with E-state index in [1.165, 1.54) is 0 Å². The molecule has 0 spiro atoms. The molecule has 1 aromatic rings. The van der Waals surface area contributed by atoms with Gasteiger partial charge in [0.05, 0.1) is 7.11 Å². The molecule has 5 nitrogen and oxygen atoms in total. The van der Waals surface area contributed by atoms with E-state index in [1.807, 2.05) is 0 Å². The van der Waals surface area contributed by atoms with E-state index in [2.05, 4.69) is 44.8 Å². The van der Waals surface area contributed by atoms with Crippen molar-refractivity contribution in [3.05, 3.63) is 29.8 Å². The molecule has 1 amide bonds. The van der Waals surface area contributed by atoms with Gasteiger partial charge < -0.3 is 15.0 Å². The second kappa shape index (κ2) is 10.4. The van der Waals surface area contributed by atoms with Crippen molar-refractivity contribution in [1.82, 2.24) is 10.2 Å². The van der Waals surface area contributed by atoms with Crippen molar-refractivity contribution < 1.29 is 14.3 Å². The molecular weight excluding hydrogens is 376 g/mol. The van der Waals surface area contributed by atoms with Crippen LogP contribution in [0.2, 0.25) is 0 Å². The molecule has 1 aromatic carbocycles. The van der Waals surface area contributed by atoms with Crippen LogP contribution in [0.1, 0.15) is 89.9 Å². The largest absolute Gasteiger partial charge is 0.497 e. The quantitative estimate of drug-likeness (QED) is 0.546. The van der Waals surface area contributed by atoms with Gasteiger partial charge in [-0.15, -0.1) is 0 Å². The van der Waals surface area contributed by atoms with Gasteiger partial charge in [-0.1, -0.05) is 13.3 Å². The van der Waals surface area contributed by atoms with E-state index < -0.39 is 0 Å². The highest BCUT2D eigenvalue weighted by Gasteiger charge is 2.40. The van der Waals surface area contributed by atoms with E-state index in [9.17, 15) is 9.59 Å². The molecule has 2 rings (SSSR count). The van der Waals surface area contributed by atoms with Crippen molar-refractivity contribution in [1.29, 1.82) is 0 Å². The van der Waals surface area contributed by atoms with Crippen LogP contribution in [0.15, 0.2) is 24.3 Å². The molecule has 1 aliphatic rings. The van der Waals surface area contributed by atoms with Crippen molar-refractivity contribution in [3.63, 3.8) is 0 Å². The summed E-state index contributed by atoms with van der Waals surface area (Å²) in [5.74, 6) is 1.00. The van der Waals surface area contributed by atoms with Gasteiger partial charge >= 0.3 is 0 Å². The maximum Gasteiger partial charge on any atom is 0.222 e. The minimum absolute atomic E-state index is 0.00148. The topological polar surface area (TPSA) is 58.6 Å². The Morgan fingerprint density at radius 2 is 1.63 bits per heavy atom. The Labute approximate surface area is 182 Å². The monoisotopic (exact) mass is 416 g/mol. The summed E-state index contributed by atoms with van der Waals surface area (Å²) in [6.07, 6.45) is 5.40.